The van der Waals surface area contributed by atoms with Crippen molar-refractivity contribution in [2.45, 2.75) is 19.4 Å². The number of aromatic nitrogens is 1. The smallest absolute Gasteiger partial charge is 0.293 e. The van der Waals surface area contributed by atoms with Crippen molar-refractivity contribution in [3.63, 3.8) is 0 Å². The molecule has 124 valence electrons. The number of carbonyl (C=O) groups excluding carboxylic acids is 2. The molecular weight excluding hydrogens is 330 g/mol. The predicted molar refractivity (Wildman–Crippen MR) is 87.7 cm³/mol. The molecule has 0 fully saturated rings. The van der Waals surface area contributed by atoms with E-state index in [4.69, 9.17) is 8.83 Å². The molecule has 0 aliphatic rings. The van der Waals surface area contributed by atoms with Crippen LogP contribution in [-0.2, 0) is 17.8 Å². The average molecular weight is 345 g/mol. The second kappa shape index (κ2) is 7.60. The number of nitrogens with one attached hydrogen (secondary N) is 2. The van der Waals surface area contributed by atoms with Crippen LogP contribution >= 0.6 is 11.3 Å². The van der Waals surface area contributed by atoms with Crippen LogP contribution in [0.15, 0.2) is 51.0 Å². The fourth-order valence-corrected chi connectivity index (χ4v) is 2.71. The molecular formula is C16H15N3O4S. The normalized spacial score (nSPS) is 10.5. The van der Waals surface area contributed by atoms with E-state index in [0.29, 0.717) is 30.3 Å². The Labute approximate surface area is 141 Å². The van der Waals surface area contributed by atoms with Crippen molar-refractivity contribution in [2.24, 2.45) is 0 Å². The zero-order valence-electron chi connectivity index (χ0n) is 12.7. The average Bonchev–Trinajstić information content (AvgIpc) is 3.32. The quantitative estimate of drug-likeness (QED) is 0.686. The van der Waals surface area contributed by atoms with Gasteiger partial charge in [-0.1, -0.05) is 0 Å². The molecule has 0 radical (unpaired) electrons. The number of nitrogens with zero attached hydrogens (tertiary/aromatic N) is 1. The number of carbonyl (C=O) groups is 2. The van der Waals surface area contributed by atoms with Gasteiger partial charge in [0.25, 0.3) is 5.91 Å². The molecule has 7 nitrogen and oxygen atoms in total. The Kier molecular flexibility index (Phi) is 5.07. The lowest BCUT2D eigenvalue weighted by molar-refractivity contribution is -0.121. The van der Waals surface area contributed by atoms with Gasteiger partial charge in [0.1, 0.15) is 5.76 Å². The largest absolute Gasteiger partial charge is 0.467 e. The summed E-state index contributed by atoms with van der Waals surface area (Å²) >= 11 is 1.31. The molecule has 3 aromatic rings. The van der Waals surface area contributed by atoms with E-state index >= 15 is 0 Å². The topological polar surface area (TPSA) is 97.4 Å². The van der Waals surface area contributed by atoms with Gasteiger partial charge >= 0.3 is 0 Å². The van der Waals surface area contributed by atoms with Crippen LogP contribution in [0, 0.1) is 0 Å². The van der Waals surface area contributed by atoms with Gasteiger partial charge < -0.3 is 14.2 Å². The third-order valence-corrected chi connectivity index (χ3v) is 3.97. The van der Waals surface area contributed by atoms with Crippen molar-refractivity contribution < 1.29 is 18.4 Å². The summed E-state index contributed by atoms with van der Waals surface area (Å²) in [5.41, 5.74) is 0.753. The summed E-state index contributed by atoms with van der Waals surface area (Å²) in [5.74, 6) is 0.502. The Morgan fingerprint density at radius 3 is 2.75 bits per heavy atom. The van der Waals surface area contributed by atoms with Crippen molar-refractivity contribution in [3.05, 3.63) is 59.4 Å². The van der Waals surface area contributed by atoms with E-state index in [0.717, 1.165) is 5.69 Å². The highest BCUT2D eigenvalue weighted by atomic mass is 32.1. The predicted octanol–water partition coefficient (Wildman–Crippen LogP) is 2.83. The van der Waals surface area contributed by atoms with E-state index in [2.05, 4.69) is 15.6 Å². The van der Waals surface area contributed by atoms with E-state index < -0.39 is 0 Å². The monoisotopic (exact) mass is 345 g/mol. The lowest BCUT2D eigenvalue weighted by atomic mass is 10.2. The second-order valence-electron chi connectivity index (χ2n) is 4.93. The highest BCUT2D eigenvalue weighted by Crippen LogP contribution is 2.17. The van der Waals surface area contributed by atoms with Gasteiger partial charge in [-0.15, -0.1) is 11.3 Å². The second-order valence-corrected chi connectivity index (χ2v) is 5.79. The molecule has 2 amide bonds. The lowest BCUT2D eigenvalue weighted by Gasteiger charge is -2.02. The summed E-state index contributed by atoms with van der Waals surface area (Å²) in [6, 6.07) is 6.79. The van der Waals surface area contributed by atoms with Crippen LogP contribution in [0.5, 0.6) is 0 Å². The minimum Gasteiger partial charge on any atom is -0.467 e. The maximum Gasteiger partial charge on any atom is 0.293 e. The van der Waals surface area contributed by atoms with Gasteiger partial charge in [0.15, 0.2) is 10.9 Å². The number of furan rings is 2. The molecule has 0 saturated heterocycles. The molecule has 0 saturated carbocycles. The van der Waals surface area contributed by atoms with E-state index in [9.17, 15) is 9.59 Å². The Balaban J connectivity index is 1.44. The van der Waals surface area contributed by atoms with Crippen LogP contribution in [-0.4, -0.2) is 16.8 Å². The number of amides is 2. The Morgan fingerprint density at radius 1 is 1.17 bits per heavy atom. The number of thiazole rings is 1. The number of hydrogen-bond donors (Lipinski definition) is 2. The first-order valence-electron chi connectivity index (χ1n) is 7.29. The molecule has 0 atom stereocenters. The first-order valence-corrected chi connectivity index (χ1v) is 8.17. The SMILES string of the molecule is O=C(CCc1csc(NC(=O)c2ccco2)n1)NCc1ccco1. The van der Waals surface area contributed by atoms with Crippen LogP contribution in [0.2, 0.25) is 0 Å². The molecule has 3 aromatic heterocycles. The highest BCUT2D eigenvalue weighted by molar-refractivity contribution is 7.13. The van der Waals surface area contributed by atoms with Gasteiger partial charge in [-0.25, -0.2) is 4.98 Å². The van der Waals surface area contributed by atoms with Crippen molar-refractivity contribution in [1.29, 1.82) is 0 Å². The molecule has 0 unspecified atom stereocenters. The molecule has 0 bridgehead atoms. The van der Waals surface area contributed by atoms with Gasteiger partial charge in [0, 0.05) is 11.8 Å². The van der Waals surface area contributed by atoms with E-state index in [-0.39, 0.29) is 17.6 Å². The summed E-state index contributed by atoms with van der Waals surface area (Å²) in [5, 5.41) is 7.72. The van der Waals surface area contributed by atoms with Gasteiger partial charge in [-0.3, -0.25) is 14.9 Å². The van der Waals surface area contributed by atoms with Gasteiger partial charge in [0.05, 0.1) is 24.8 Å². The van der Waals surface area contributed by atoms with Gasteiger partial charge in [0.2, 0.25) is 5.91 Å². The number of rotatable bonds is 7. The number of anilines is 1. The summed E-state index contributed by atoms with van der Waals surface area (Å²) in [7, 11) is 0. The van der Waals surface area contributed by atoms with Crippen molar-refractivity contribution >= 4 is 28.3 Å². The van der Waals surface area contributed by atoms with E-state index in [1.54, 1.807) is 30.5 Å². The van der Waals surface area contributed by atoms with Crippen LogP contribution < -0.4 is 10.6 Å². The van der Waals surface area contributed by atoms with Crippen LogP contribution in [0.1, 0.15) is 28.4 Å². The molecule has 3 heterocycles. The lowest BCUT2D eigenvalue weighted by Crippen LogP contribution is -2.22. The molecule has 0 aromatic carbocycles. The maximum absolute atomic E-state index is 11.8. The number of aryl methyl sites for hydroxylation is 1. The Hall–Kier alpha value is -2.87. The van der Waals surface area contributed by atoms with Crippen LogP contribution in [0.25, 0.3) is 0 Å². The zero-order valence-corrected chi connectivity index (χ0v) is 13.5. The van der Waals surface area contributed by atoms with E-state index in [1.807, 2.05) is 5.38 Å². The molecule has 0 aliphatic heterocycles. The Morgan fingerprint density at radius 2 is 2.00 bits per heavy atom. The van der Waals surface area contributed by atoms with E-state index in [1.165, 1.54) is 17.6 Å². The first-order chi connectivity index (χ1) is 11.7. The number of hydrogen-bond acceptors (Lipinski definition) is 6. The van der Waals surface area contributed by atoms with Crippen molar-refractivity contribution in [2.75, 3.05) is 5.32 Å². The summed E-state index contributed by atoms with van der Waals surface area (Å²) < 4.78 is 10.2. The first kappa shape index (κ1) is 16.0. The highest BCUT2D eigenvalue weighted by Gasteiger charge is 2.12. The van der Waals surface area contributed by atoms with Crippen LogP contribution in [0.4, 0.5) is 5.13 Å². The van der Waals surface area contributed by atoms with Crippen molar-refractivity contribution in [3.8, 4) is 0 Å². The molecule has 3 rings (SSSR count). The summed E-state index contributed by atoms with van der Waals surface area (Å²) in [4.78, 5) is 27.9. The summed E-state index contributed by atoms with van der Waals surface area (Å²) in [6.07, 6.45) is 3.81. The zero-order chi connectivity index (χ0) is 16.8. The minimum atomic E-state index is -0.350. The van der Waals surface area contributed by atoms with Gasteiger partial charge in [-0.05, 0) is 30.7 Å². The summed E-state index contributed by atoms with van der Waals surface area (Å²) in [6.45, 7) is 0.368. The van der Waals surface area contributed by atoms with Crippen molar-refractivity contribution in [1.82, 2.24) is 10.3 Å². The fraction of sp³-hybridized carbons (Fsp3) is 0.188. The molecule has 0 aliphatic carbocycles. The van der Waals surface area contributed by atoms with Gasteiger partial charge in [-0.2, -0.15) is 0 Å². The Bertz CT molecular complexity index is 793. The molecule has 24 heavy (non-hydrogen) atoms. The fourth-order valence-electron chi connectivity index (χ4n) is 1.97. The maximum atomic E-state index is 11.8. The molecule has 0 spiro atoms. The molecule has 2 N–H and O–H groups in total. The van der Waals surface area contributed by atoms with Crippen LogP contribution in [0.3, 0.4) is 0 Å². The third-order valence-electron chi connectivity index (χ3n) is 3.17. The standard InChI is InChI=1S/C16H15N3O4S/c20-14(17-9-12-3-1-7-22-12)6-5-11-10-24-16(18-11)19-15(21)13-4-2-8-23-13/h1-4,7-8,10H,5-6,9H2,(H,17,20)(H,18,19,21). The minimum absolute atomic E-state index is 0.0828. The third kappa shape index (κ3) is 4.32. The molecule has 8 heteroatoms.